The lowest BCUT2D eigenvalue weighted by Crippen LogP contribution is -2.26. The van der Waals surface area contributed by atoms with E-state index in [1.54, 1.807) is 30.4 Å². The van der Waals surface area contributed by atoms with Gasteiger partial charge in [-0.05, 0) is 18.1 Å². The highest BCUT2D eigenvalue weighted by atomic mass is 35.5. The van der Waals surface area contributed by atoms with Gasteiger partial charge in [0.05, 0.1) is 11.4 Å². The van der Waals surface area contributed by atoms with Crippen molar-refractivity contribution in [3.05, 3.63) is 53.4 Å². The highest BCUT2D eigenvalue weighted by molar-refractivity contribution is 7.99. The van der Waals surface area contributed by atoms with E-state index in [1.807, 2.05) is 24.3 Å². The number of hydrogen-bond donors (Lipinski definition) is 1. The molecule has 0 amide bonds. The number of benzene rings is 1. The number of hydrogen-bond acceptors (Lipinski definition) is 4. The third-order valence-corrected chi connectivity index (χ3v) is 4.51. The van der Waals surface area contributed by atoms with Gasteiger partial charge in [-0.15, -0.1) is 0 Å². The lowest BCUT2D eigenvalue weighted by molar-refractivity contribution is 0.633. The molecule has 0 aliphatic rings. The molecule has 2 rings (SSSR count). The van der Waals surface area contributed by atoms with E-state index < -0.39 is 0 Å². The first-order chi connectivity index (χ1) is 9.22. The van der Waals surface area contributed by atoms with Crippen molar-refractivity contribution in [3.63, 3.8) is 0 Å². The molecular formula is C14H16ClN3S. The fourth-order valence-corrected chi connectivity index (χ4v) is 3.30. The van der Waals surface area contributed by atoms with Crippen LogP contribution >= 0.6 is 23.4 Å². The normalized spacial score (nSPS) is 14.1. The standard InChI is InChI=1S/C14H16ClN3S/c1-2-12(16)14(10-5-3-4-6-11(10)15)19-13-9-17-7-8-18-13/h3-9,12,14H,2,16H2,1H3. The monoisotopic (exact) mass is 293 g/mol. The maximum Gasteiger partial charge on any atom is 0.115 e. The smallest absolute Gasteiger partial charge is 0.115 e. The third kappa shape index (κ3) is 3.69. The van der Waals surface area contributed by atoms with E-state index in [0.29, 0.717) is 0 Å². The molecule has 1 aromatic heterocycles. The van der Waals surface area contributed by atoms with Crippen molar-refractivity contribution < 1.29 is 0 Å². The van der Waals surface area contributed by atoms with Crippen molar-refractivity contribution in [1.82, 2.24) is 9.97 Å². The maximum absolute atomic E-state index is 6.28. The van der Waals surface area contributed by atoms with Gasteiger partial charge in [0.1, 0.15) is 5.03 Å². The molecule has 2 atom stereocenters. The molecule has 0 aliphatic heterocycles. The Kier molecular flexibility index (Phi) is 5.19. The summed E-state index contributed by atoms with van der Waals surface area (Å²) in [7, 11) is 0. The summed E-state index contributed by atoms with van der Waals surface area (Å²) < 4.78 is 0. The average molecular weight is 294 g/mol. The highest BCUT2D eigenvalue weighted by Gasteiger charge is 2.22. The Labute approximate surface area is 122 Å². The Bertz CT molecular complexity index is 521. The molecule has 2 aromatic rings. The first-order valence-electron chi connectivity index (χ1n) is 6.15. The largest absolute Gasteiger partial charge is 0.326 e. The second kappa shape index (κ2) is 6.89. The average Bonchev–Trinajstić information content (AvgIpc) is 2.46. The highest BCUT2D eigenvalue weighted by Crippen LogP contribution is 2.39. The number of rotatable bonds is 5. The number of thioether (sulfide) groups is 1. The second-order valence-electron chi connectivity index (χ2n) is 4.18. The summed E-state index contributed by atoms with van der Waals surface area (Å²) in [4.78, 5) is 8.37. The van der Waals surface area contributed by atoms with Crippen LogP contribution in [0.2, 0.25) is 5.02 Å². The molecule has 3 nitrogen and oxygen atoms in total. The zero-order valence-electron chi connectivity index (χ0n) is 10.7. The zero-order valence-corrected chi connectivity index (χ0v) is 12.2. The summed E-state index contributed by atoms with van der Waals surface area (Å²) in [6.07, 6.45) is 5.97. The predicted octanol–water partition coefficient (Wildman–Crippen LogP) is 3.70. The van der Waals surface area contributed by atoms with Gasteiger partial charge in [-0.2, -0.15) is 0 Å². The van der Waals surface area contributed by atoms with Gasteiger partial charge in [-0.1, -0.05) is 48.5 Å². The first kappa shape index (κ1) is 14.3. The summed E-state index contributed by atoms with van der Waals surface area (Å²) in [6, 6.07) is 7.84. The van der Waals surface area contributed by atoms with Crippen LogP contribution in [0, 0.1) is 0 Å². The van der Waals surface area contributed by atoms with Crippen LogP contribution in [0.3, 0.4) is 0 Å². The van der Waals surface area contributed by atoms with Gasteiger partial charge in [0.15, 0.2) is 0 Å². The van der Waals surface area contributed by atoms with Crippen LogP contribution in [-0.4, -0.2) is 16.0 Å². The lowest BCUT2D eigenvalue weighted by Gasteiger charge is -2.23. The Morgan fingerprint density at radius 1 is 1.32 bits per heavy atom. The van der Waals surface area contributed by atoms with E-state index in [2.05, 4.69) is 16.9 Å². The van der Waals surface area contributed by atoms with Gasteiger partial charge in [-0.3, -0.25) is 4.98 Å². The SMILES string of the molecule is CCC(N)C(Sc1cnccn1)c1ccccc1Cl. The van der Waals surface area contributed by atoms with Crippen LogP contribution in [0.25, 0.3) is 0 Å². The Morgan fingerprint density at radius 2 is 2.11 bits per heavy atom. The summed E-state index contributed by atoms with van der Waals surface area (Å²) in [5.41, 5.74) is 7.29. The molecule has 0 saturated carbocycles. The van der Waals surface area contributed by atoms with Crippen LogP contribution < -0.4 is 5.73 Å². The number of nitrogens with two attached hydrogens (primary N) is 1. The molecule has 0 radical (unpaired) electrons. The van der Waals surface area contributed by atoms with Gasteiger partial charge < -0.3 is 5.73 Å². The van der Waals surface area contributed by atoms with Crippen LogP contribution in [-0.2, 0) is 0 Å². The summed E-state index contributed by atoms with van der Waals surface area (Å²) in [5.74, 6) is 0. The minimum absolute atomic E-state index is 0.0203. The summed E-state index contributed by atoms with van der Waals surface area (Å²) >= 11 is 7.89. The fourth-order valence-electron chi connectivity index (χ4n) is 1.78. The molecule has 1 heterocycles. The van der Waals surface area contributed by atoms with Crippen LogP contribution in [0.4, 0.5) is 0 Å². The molecule has 0 aliphatic carbocycles. The molecule has 1 aromatic carbocycles. The minimum atomic E-state index is 0.0203. The van der Waals surface area contributed by atoms with Crippen LogP contribution in [0.15, 0.2) is 47.9 Å². The Morgan fingerprint density at radius 3 is 2.74 bits per heavy atom. The van der Waals surface area contributed by atoms with Crippen molar-refractivity contribution in [1.29, 1.82) is 0 Å². The molecule has 5 heteroatoms. The molecular weight excluding hydrogens is 278 g/mol. The molecule has 2 N–H and O–H groups in total. The molecule has 0 bridgehead atoms. The van der Waals surface area contributed by atoms with Crippen molar-refractivity contribution in [2.24, 2.45) is 5.73 Å². The van der Waals surface area contributed by atoms with E-state index in [9.17, 15) is 0 Å². The Balaban J connectivity index is 2.29. The lowest BCUT2D eigenvalue weighted by atomic mass is 10.0. The van der Waals surface area contributed by atoms with Crippen LogP contribution in [0.5, 0.6) is 0 Å². The predicted molar refractivity (Wildman–Crippen MR) is 80.3 cm³/mol. The molecule has 2 unspecified atom stereocenters. The van der Waals surface area contributed by atoms with Crippen molar-refractivity contribution in [2.45, 2.75) is 29.7 Å². The van der Waals surface area contributed by atoms with E-state index >= 15 is 0 Å². The molecule has 0 fully saturated rings. The van der Waals surface area contributed by atoms with Crippen molar-refractivity contribution in [2.75, 3.05) is 0 Å². The van der Waals surface area contributed by atoms with Gasteiger partial charge >= 0.3 is 0 Å². The van der Waals surface area contributed by atoms with Gasteiger partial charge in [0.2, 0.25) is 0 Å². The van der Waals surface area contributed by atoms with Gasteiger partial charge in [0.25, 0.3) is 0 Å². The fraction of sp³-hybridized carbons (Fsp3) is 0.286. The summed E-state index contributed by atoms with van der Waals surface area (Å²) in [5, 5.41) is 1.68. The molecule has 100 valence electrons. The van der Waals surface area contributed by atoms with Crippen LogP contribution in [0.1, 0.15) is 24.2 Å². The van der Waals surface area contributed by atoms with Crippen molar-refractivity contribution in [3.8, 4) is 0 Å². The van der Waals surface area contributed by atoms with E-state index in [-0.39, 0.29) is 11.3 Å². The topological polar surface area (TPSA) is 51.8 Å². The number of halogens is 1. The second-order valence-corrected chi connectivity index (χ2v) is 5.74. The first-order valence-corrected chi connectivity index (χ1v) is 7.40. The number of aromatic nitrogens is 2. The quantitative estimate of drug-likeness (QED) is 0.854. The molecule has 0 spiro atoms. The van der Waals surface area contributed by atoms with E-state index in [4.69, 9.17) is 17.3 Å². The van der Waals surface area contributed by atoms with E-state index in [0.717, 1.165) is 22.0 Å². The Hall–Kier alpha value is -1.10. The third-order valence-electron chi connectivity index (χ3n) is 2.86. The maximum atomic E-state index is 6.28. The van der Waals surface area contributed by atoms with E-state index in [1.165, 1.54) is 0 Å². The van der Waals surface area contributed by atoms with Crippen molar-refractivity contribution >= 4 is 23.4 Å². The summed E-state index contributed by atoms with van der Waals surface area (Å²) in [6.45, 7) is 2.08. The minimum Gasteiger partial charge on any atom is -0.326 e. The molecule has 19 heavy (non-hydrogen) atoms. The number of nitrogens with zero attached hydrogens (tertiary/aromatic N) is 2. The molecule has 0 saturated heterocycles. The zero-order chi connectivity index (χ0) is 13.7. The van der Waals surface area contributed by atoms with Gasteiger partial charge in [-0.25, -0.2) is 4.98 Å². The van der Waals surface area contributed by atoms with Gasteiger partial charge in [0, 0.05) is 23.5 Å².